The van der Waals surface area contributed by atoms with E-state index in [1.165, 1.54) is 11.4 Å². The van der Waals surface area contributed by atoms with Gasteiger partial charge in [0.1, 0.15) is 5.82 Å². The van der Waals surface area contributed by atoms with Crippen molar-refractivity contribution >= 4 is 31.6 Å². The van der Waals surface area contributed by atoms with Gasteiger partial charge < -0.3 is 10.5 Å². The van der Waals surface area contributed by atoms with E-state index in [-0.39, 0.29) is 27.7 Å². The number of nitrogen functional groups attached to an aromatic ring is 1. The van der Waals surface area contributed by atoms with Gasteiger partial charge in [-0.15, -0.1) is 0 Å². The summed E-state index contributed by atoms with van der Waals surface area (Å²) in [5, 5.41) is 0. The predicted octanol–water partition coefficient (Wildman–Crippen LogP) is 1.97. The topological polar surface area (TPSA) is 72.6 Å². The molecule has 0 radical (unpaired) electrons. The molecule has 0 bridgehead atoms. The molecule has 1 unspecified atom stereocenters. The molecule has 20 heavy (non-hydrogen) atoms. The van der Waals surface area contributed by atoms with E-state index in [9.17, 15) is 12.8 Å². The third kappa shape index (κ3) is 3.13. The highest BCUT2D eigenvalue weighted by Gasteiger charge is 2.28. The molecule has 1 atom stereocenters. The van der Waals surface area contributed by atoms with Gasteiger partial charge in [-0.3, -0.25) is 0 Å². The number of rotatable bonds is 4. The first-order chi connectivity index (χ1) is 9.32. The maximum atomic E-state index is 13.3. The number of nitrogens with two attached hydrogens (primary N) is 1. The van der Waals surface area contributed by atoms with Crippen LogP contribution in [-0.2, 0) is 14.8 Å². The summed E-state index contributed by atoms with van der Waals surface area (Å²) in [5.41, 5.74) is 5.25. The van der Waals surface area contributed by atoms with Crippen LogP contribution in [0.2, 0.25) is 0 Å². The van der Waals surface area contributed by atoms with E-state index in [1.54, 1.807) is 0 Å². The van der Waals surface area contributed by atoms with Crippen molar-refractivity contribution in [3.63, 3.8) is 0 Å². The van der Waals surface area contributed by atoms with Gasteiger partial charge in [0.25, 0.3) is 0 Å². The Morgan fingerprint density at radius 3 is 2.85 bits per heavy atom. The third-order valence-electron chi connectivity index (χ3n) is 3.22. The Kier molecular flexibility index (Phi) is 4.68. The van der Waals surface area contributed by atoms with Crippen molar-refractivity contribution in [2.45, 2.75) is 23.8 Å². The first kappa shape index (κ1) is 15.7. The zero-order chi connectivity index (χ0) is 14.9. The van der Waals surface area contributed by atoms with E-state index in [1.807, 2.05) is 0 Å². The van der Waals surface area contributed by atoms with Gasteiger partial charge in [0.15, 0.2) is 0 Å². The summed E-state index contributed by atoms with van der Waals surface area (Å²) in [6, 6.07) is 2.18. The van der Waals surface area contributed by atoms with E-state index in [4.69, 9.17) is 10.5 Å². The molecule has 1 fully saturated rings. The molecule has 0 spiro atoms. The predicted molar refractivity (Wildman–Crippen MR) is 77.3 cm³/mol. The minimum atomic E-state index is -3.74. The molecule has 0 amide bonds. The zero-order valence-corrected chi connectivity index (χ0v) is 13.4. The monoisotopic (exact) mass is 366 g/mol. The number of likely N-dealkylation sites (N-methyl/N-ethyl adjacent to an activating group) is 1. The normalized spacial score (nSPS) is 19.7. The lowest BCUT2D eigenvalue weighted by atomic mass is 10.2. The maximum Gasteiger partial charge on any atom is 0.244 e. The second kappa shape index (κ2) is 5.97. The second-order valence-electron chi connectivity index (χ2n) is 4.72. The van der Waals surface area contributed by atoms with Crippen LogP contribution in [0.4, 0.5) is 10.1 Å². The molecule has 1 aromatic carbocycles. The van der Waals surface area contributed by atoms with Crippen molar-refractivity contribution in [1.82, 2.24) is 4.31 Å². The molecule has 1 aromatic rings. The molecule has 1 aliphatic heterocycles. The molecule has 0 aliphatic carbocycles. The summed E-state index contributed by atoms with van der Waals surface area (Å²) in [6.07, 6.45) is 1.68. The number of benzene rings is 1. The Labute approximate surface area is 126 Å². The first-order valence-corrected chi connectivity index (χ1v) is 8.38. The summed E-state index contributed by atoms with van der Waals surface area (Å²) in [7, 11) is -2.26. The molecule has 2 rings (SSSR count). The second-order valence-corrected chi connectivity index (χ2v) is 7.59. The van der Waals surface area contributed by atoms with Crippen LogP contribution in [-0.4, -0.2) is 39.0 Å². The number of sulfonamides is 1. The summed E-state index contributed by atoms with van der Waals surface area (Å²) in [5.74, 6) is -0.655. The SMILES string of the molecule is CN(CC1CCCO1)S(=O)(=O)c1cc(N)c(F)cc1Br. The number of nitrogens with zero attached hydrogens (tertiary/aromatic N) is 1. The zero-order valence-electron chi connectivity index (χ0n) is 11.0. The van der Waals surface area contributed by atoms with E-state index in [0.717, 1.165) is 25.0 Å². The van der Waals surface area contributed by atoms with Crippen LogP contribution >= 0.6 is 15.9 Å². The molecule has 8 heteroatoms. The molecule has 1 heterocycles. The number of halogens is 2. The van der Waals surface area contributed by atoms with Crippen LogP contribution in [0.25, 0.3) is 0 Å². The highest BCUT2D eigenvalue weighted by molar-refractivity contribution is 9.10. The molecule has 1 aliphatic rings. The fraction of sp³-hybridized carbons (Fsp3) is 0.500. The van der Waals surface area contributed by atoms with E-state index in [0.29, 0.717) is 6.61 Å². The summed E-state index contributed by atoms with van der Waals surface area (Å²) >= 11 is 3.07. The maximum absolute atomic E-state index is 13.3. The quantitative estimate of drug-likeness (QED) is 0.826. The van der Waals surface area contributed by atoms with Crippen molar-refractivity contribution in [1.29, 1.82) is 0 Å². The highest BCUT2D eigenvalue weighted by Crippen LogP contribution is 2.29. The van der Waals surface area contributed by atoms with Crippen molar-refractivity contribution in [2.24, 2.45) is 0 Å². The molecular formula is C12H16BrFN2O3S. The van der Waals surface area contributed by atoms with Crippen LogP contribution in [0.15, 0.2) is 21.5 Å². The van der Waals surface area contributed by atoms with Gasteiger partial charge in [-0.2, -0.15) is 4.31 Å². The Hall–Kier alpha value is -0.700. The van der Waals surface area contributed by atoms with Crippen molar-refractivity contribution in [2.75, 3.05) is 25.9 Å². The largest absolute Gasteiger partial charge is 0.396 e. The van der Waals surface area contributed by atoms with E-state index >= 15 is 0 Å². The third-order valence-corrected chi connectivity index (χ3v) is 6.01. The Bertz CT molecular complexity index is 603. The lowest BCUT2D eigenvalue weighted by molar-refractivity contribution is 0.0979. The fourth-order valence-corrected chi connectivity index (χ4v) is 4.29. The Morgan fingerprint density at radius 1 is 1.55 bits per heavy atom. The van der Waals surface area contributed by atoms with Gasteiger partial charge in [0.05, 0.1) is 16.7 Å². The van der Waals surface area contributed by atoms with Crippen LogP contribution in [0, 0.1) is 5.82 Å². The van der Waals surface area contributed by atoms with Crippen LogP contribution in [0.1, 0.15) is 12.8 Å². The van der Waals surface area contributed by atoms with Gasteiger partial charge in [0, 0.05) is 24.7 Å². The highest BCUT2D eigenvalue weighted by atomic mass is 79.9. The summed E-state index contributed by atoms with van der Waals surface area (Å²) in [4.78, 5) is -0.0445. The number of anilines is 1. The fourth-order valence-electron chi connectivity index (χ4n) is 2.08. The molecular weight excluding hydrogens is 351 g/mol. The molecule has 0 saturated carbocycles. The molecule has 2 N–H and O–H groups in total. The summed E-state index contributed by atoms with van der Waals surface area (Å²) < 4.78 is 45.0. The number of hydrogen-bond donors (Lipinski definition) is 1. The standard InChI is InChI=1S/C12H16BrFN2O3S/c1-16(7-8-3-2-4-19-8)20(17,18)12-6-11(15)10(14)5-9(12)13/h5-6,8H,2-4,7,15H2,1H3. The first-order valence-electron chi connectivity index (χ1n) is 6.15. The van der Waals surface area contributed by atoms with Gasteiger partial charge >= 0.3 is 0 Å². The smallest absolute Gasteiger partial charge is 0.244 e. The Morgan fingerprint density at radius 2 is 2.25 bits per heavy atom. The lowest BCUT2D eigenvalue weighted by Gasteiger charge is -2.21. The number of ether oxygens (including phenoxy) is 1. The summed E-state index contributed by atoms with van der Waals surface area (Å²) in [6.45, 7) is 0.928. The molecule has 0 aromatic heterocycles. The van der Waals surface area contributed by atoms with Crippen LogP contribution < -0.4 is 5.73 Å². The molecule has 112 valence electrons. The van der Waals surface area contributed by atoms with Crippen LogP contribution in [0.3, 0.4) is 0 Å². The van der Waals surface area contributed by atoms with E-state index < -0.39 is 15.8 Å². The number of hydrogen-bond acceptors (Lipinski definition) is 4. The van der Waals surface area contributed by atoms with E-state index in [2.05, 4.69) is 15.9 Å². The Balaban J connectivity index is 2.27. The van der Waals surface area contributed by atoms with Crippen molar-refractivity contribution in [3.8, 4) is 0 Å². The van der Waals surface area contributed by atoms with Gasteiger partial charge in [-0.25, -0.2) is 12.8 Å². The van der Waals surface area contributed by atoms with Crippen molar-refractivity contribution < 1.29 is 17.5 Å². The average Bonchev–Trinajstić information content (AvgIpc) is 2.86. The molecule has 1 saturated heterocycles. The van der Waals surface area contributed by atoms with Crippen molar-refractivity contribution in [3.05, 3.63) is 22.4 Å². The minimum absolute atomic E-state index is 0.0445. The minimum Gasteiger partial charge on any atom is -0.396 e. The van der Waals surface area contributed by atoms with Gasteiger partial charge in [0.2, 0.25) is 10.0 Å². The average molecular weight is 367 g/mol. The lowest BCUT2D eigenvalue weighted by Crippen LogP contribution is -2.34. The molecule has 5 nitrogen and oxygen atoms in total. The van der Waals surface area contributed by atoms with Gasteiger partial charge in [-0.05, 0) is 40.9 Å². The van der Waals surface area contributed by atoms with Crippen LogP contribution in [0.5, 0.6) is 0 Å². The van der Waals surface area contributed by atoms with Gasteiger partial charge in [-0.1, -0.05) is 0 Å².